The molecule has 92 valence electrons. The van der Waals surface area contributed by atoms with Crippen LogP contribution >= 0.6 is 0 Å². The van der Waals surface area contributed by atoms with Crippen molar-refractivity contribution in [3.8, 4) is 0 Å². The Morgan fingerprint density at radius 2 is 2.06 bits per heavy atom. The van der Waals surface area contributed by atoms with Crippen LogP contribution in [0.5, 0.6) is 0 Å². The quantitative estimate of drug-likeness (QED) is 0.740. The van der Waals surface area contributed by atoms with Gasteiger partial charge in [-0.3, -0.25) is 4.79 Å². The van der Waals surface area contributed by atoms with E-state index in [-0.39, 0.29) is 18.9 Å². The Morgan fingerprint density at radius 1 is 1.44 bits per heavy atom. The number of halogens is 3. The van der Waals surface area contributed by atoms with Gasteiger partial charge in [-0.25, -0.2) is 0 Å². The zero-order chi connectivity index (χ0) is 12.0. The summed E-state index contributed by atoms with van der Waals surface area (Å²) in [4.78, 5) is 13.3. The lowest BCUT2D eigenvalue weighted by Crippen LogP contribution is -2.56. The molecule has 1 unspecified atom stereocenters. The van der Waals surface area contributed by atoms with Gasteiger partial charge in [-0.2, -0.15) is 13.2 Å². The molecule has 2 rings (SSSR count). The molecule has 0 radical (unpaired) electrons. The predicted octanol–water partition coefficient (Wildman–Crippen LogP) is 1.15. The van der Waals surface area contributed by atoms with Gasteiger partial charge in [0.15, 0.2) is 0 Å². The Morgan fingerprint density at radius 3 is 2.50 bits per heavy atom. The largest absolute Gasteiger partial charge is 0.403 e. The lowest BCUT2D eigenvalue weighted by Gasteiger charge is -2.37. The number of piperazine rings is 1. The highest BCUT2D eigenvalue weighted by molar-refractivity contribution is 5.86. The van der Waals surface area contributed by atoms with Gasteiger partial charge in [0.1, 0.15) is 5.41 Å². The fraction of sp³-hybridized carbons (Fsp3) is 0.900. The SMILES string of the molecule is CC1CNCCN1C(=O)C1(C(F)(F)F)CC1. The number of carbonyl (C=O) groups excluding carboxylic acids is 1. The summed E-state index contributed by atoms with van der Waals surface area (Å²) >= 11 is 0. The first-order valence-corrected chi connectivity index (χ1v) is 5.47. The molecule has 1 amide bonds. The topological polar surface area (TPSA) is 32.3 Å². The van der Waals surface area contributed by atoms with Crippen molar-refractivity contribution in [2.24, 2.45) is 5.41 Å². The van der Waals surface area contributed by atoms with Gasteiger partial charge in [0.05, 0.1) is 0 Å². The van der Waals surface area contributed by atoms with Crippen LogP contribution in [0.15, 0.2) is 0 Å². The van der Waals surface area contributed by atoms with Gasteiger partial charge < -0.3 is 10.2 Å². The Kier molecular flexibility index (Phi) is 2.64. The standard InChI is InChI=1S/C10H15F3N2O/c1-7-6-14-4-5-15(7)8(16)9(2-3-9)10(11,12)13/h7,14H,2-6H2,1H3. The van der Waals surface area contributed by atoms with Crippen molar-refractivity contribution in [1.29, 1.82) is 0 Å². The molecule has 0 aromatic carbocycles. The summed E-state index contributed by atoms with van der Waals surface area (Å²) in [7, 11) is 0. The normalized spacial score (nSPS) is 29.0. The maximum atomic E-state index is 12.8. The van der Waals surface area contributed by atoms with Crippen molar-refractivity contribution in [2.45, 2.75) is 32.0 Å². The third-order valence-corrected chi connectivity index (χ3v) is 3.46. The fourth-order valence-electron chi connectivity index (χ4n) is 2.16. The van der Waals surface area contributed by atoms with Crippen molar-refractivity contribution < 1.29 is 18.0 Å². The molecule has 1 saturated heterocycles. The van der Waals surface area contributed by atoms with Gasteiger partial charge in [-0.15, -0.1) is 0 Å². The van der Waals surface area contributed by atoms with Gasteiger partial charge in [0.25, 0.3) is 0 Å². The van der Waals surface area contributed by atoms with Crippen molar-refractivity contribution in [3.63, 3.8) is 0 Å². The second-order valence-corrected chi connectivity index (χ2v) is 4.63. The molecule has 1 saturated carbocycles. The minimum atomic E-state index is -4.39. The second kappa shape index (κ2) is 3.61. The average Bonchev–Trinajstić information content (AvgIpc) is 2.97. The molecule has 0 spiro atoms. The molecule has 1 N–H and O–H groups in total. The molecule has 0 aromatic rings. The Balaban J connectivity index is 2.13. The summed E-state index contributed by atoms with van der Waals surface area (Å²) in [6, 6.07) is -0.152. The maximum absolute atomic E-state index is 12.8. The summed E-state index contributed by atoms with van der Waals surface area (Å²) in [5, 5.41) is 3.05. The molecule has 3 nitrogen and oxygen atoms in total. The van der Waals surface area contributed by atoms with Gasteiger partial charge in [-0.05, 0) is 19.8 Å². The van der Waals surface area contributed by atoms with E-state index in [0.717, 1.165) is 0 Å². The molecule has 1 aliphatic carbocycles. The van der Waals surface area contributed by atoms with Gasteiger partial charge in [0.2, 0.25) is 5.91 Å². The van der Waals surface area contributed by atoms with Gasteiger partial charge in [0, 0.05) is 25.7 Å². The van der Waals surface area contributed by atoms with E-state index in [1.807, 2.05) is 0 Å². The monoisotopic (exact) mass is 236 g/mol. The number of hydrogen-bond donors (Lipinski definition) is 1. The molecule has 2 aliphatic rings. The highest BCUT2D eigenvalue weighted by atomic mass is 19.4. The number of amides is 1. The second-order valence-electron chi connectivity index (χ2n) is 4.63. The highest BCUT2D eigenvalue weighted by Crippen LogP contribution is 2.58. The van der Waals surface area contributed by atoms with Crippen LogP contribution < -0.4 is 5.32 Å². The Labute approximate surface area is 92.0 Å². The average molecular weight is 236 g/mol. The van der Waals surface area contributed by atoms with E-state index in [4.69, 9.17) is 0 Å². The molecule has 16 heavy (non-hydrogen) atoms. The minimum absolute atomic E-state index is 0.0496. The first-order valence-electron chi connectivity index (χ1n) is 5.47. The van der Waals surface area contributed by atoms with Crippen LogP contribution in [-0.4, -0.2) is 42.7 Å². The van der Waals surface area contributed by atoms with E-state index in [1.165, 1.54) is 4.90 Å². The van der Waals surface area contributed by atoms with E-state index in [2.05, 4.69) is 5.32 Å². The number of alkyl halides is 3. The summed E-state index contributed by atoms with van der Waals surface area (Å²) in [6.45, 7) is 3.29. The fourth-order valence-corrected chi connectivity index (χ4v) is 2.16. The molecule has 1 atom stereocenters. The van der Waals surface area contributed by atoms with Crippen LogP contribution in [-0.2, 0) is 4.79 Å². The zero-order valence-corrected chi connectivity index (χ0v) is 9.10. The van der Waals surface area contributed by atoms with Crippen molar-refractivity contribution in [3.05, 3.63) is 0 Å². The number of hydrogen-bond acceptors (Lipinski definition) is 2. The first-order chi connectivity index (χ1) is 7.38. The molecule has 1 aliphatic heterocycles. The Hall–Kier alpha value is -0.780. The van der Waals surface area contributed by atoms with Crippen LogP contribution in [0, 0.1) is 5.41 Å². The molecule has 0 aromatic heterocycles. The van der Waals surface area contributed by atoms with Gasteiger partial charge in [-0.1, -0.05) is 0 Å². The highest BCUT2D eigenvalue weighted by Gasteiger charge is 2.69. The van der Waals surface area contributed by atoms with Crippen molar-refractivity contribution in [1.82, 2.24) is 10.2 Å². The number of carbonyl (C=O) groups is 1. The van der Waals surface area contributed by atoms with Crippen molar-refractivity contribution in [2.75, 3.05) is 19.6 Å². The van der Waals surface area contributed by atoms with Crippen LogP contribution in [0.3, 0.4) is 0 Å². The van der Waals surface area contributed by atoms with Crippen molar-refractivity contribution >= 4 is 5.91 Å². The maximum Gasteiger partial charge on any atom is 0.403 e. The third kappa shape index (κ3) is 1.69. The van der Waals surface area contributed by atoms with E-state index >= 15 is 0 Å². The lowest BCUT2D eigenvalue weighted by molar-refractivity contribution is -0.200. The van der Waals surface area contributed by atoms with Crippen LogP contribution in [0.1, 0.15) is 19.8 Å². The molecule has 2 fully saturated rings. The zero-order valence-electron chi connectivity index (χ0n) is 9.10. The van der Waals surface area contributed by atoms with E-state index in [0.29, 0.717) is 19.6 Å². The van der Waals surface area contributed by atoms with E-state index in [9.17, 15) is 18.0 Å². The molecule has 0 bridgehead atoms. The summed E-state index contributed by atoms with van der Waals surface area (Å²) in [6.07, 6.45) is -4.49. The summed E-state index contributed by atoms with van der Waals surface area (Å²) in [5.41, 5.74) is -2.06. The summed E-state index contributed by atoms with van der Waals surface area (Å²) < 4.78 is 38.3. The molecular formula is C10H15F3N2O. The summed E-state index contributed by atoms with van der Waals surface area (Å²) in [5.74, 6) is -0.728. The third-order valence-electron chi connectivity index (χ3n) is 3.46. The molecular weight excluding hydrogens is 221 g/mol. The number of nitrogens with one attached hydrogen (secondary N) is 1. The molecule has 6 heteroatoms. The number of nitrogens with zero attached hydrogens (tertiary/aromatic N) is 1. The molecule has 1 heterocycles. The predicted molar refractivity (Wildman–Crippen MR) is 51.8 cm³/mol. The lowest BCUT2D eigenvalue weighted by atomic mass is 10.0. The van der Waals surface area contributed by atoms with E-state index in [1.54, 1.807) is 6.92 Å². The smallest absolute Gasteiger partial charge is 0.337 e. The Bertz CT molecular complexity index is 299. The van der Waals surface area contributed by atoms with Crippen LogP contribution in [0.4, 0.5) is 13.2 Å². The van der Waals surface area contributed by atoms with Crippen LogP contribution in [0.2, 0.25) is 0 Å². The number of rotatable bonds is 1. The van der Waals surface area contributed by atoms with Crippen LogP contribution in [0.25, 0.3) is 0 Å². The minimum Gasteiger partial charge on any atom is -0.337 e. The van der Waals surface area contributed by atoms with E-state index < -0.39 is 17.5 Å². The first kappa shape index (κ1) is 11.7. The van der Waals surface area contributed by atoms with Gasteiger partial charge >= 0.3 is 6.18 Å².